The molecule has 0 fully saturated rings. The predicted molar refractivity (Wildman–Crippen MR) is 50.0 cm³/mol. The van der Waals surface area contributed by atoms with E-state index in [-0.39, 0.29) is 33.9 Å². The van der Waals surface area contributed by atoms with Crippen molar-refractivity contribution in [3.8, 4) is 0 Å². The standard InChI is InChI=1S/C8H5Cl2FN2O/c1-13-2-3-4(8(13)14)6(9)12-7(10)5(3)11/h2H2,1H3. The molecule has 0 N–H and O–H groups in total. The van der Waals surface area contributed by atoms with E-state index in [1.807, 2.05) is 0 Å². The van der Waals surface area contributed by atoms with Crippen molar-refractivity contribution in [3.05, 3.63) is 27.3 Å². The molecule has 6 heteroatoms. The molecule has 3 nitrogen and oxygen atoms in total. The van der Waals surface area contributed by atoms with E-state index in [0.717, 1.165) is 0 Å². The Morgan fingerprint density at radius 2 is 2.07 bits per heavy atom. The van der Waals surface area contributed by atoms with Crippen molar-refractivity contribution in [2.75, 3.05) is 7.05 Å². The molecule has 0 aromatic carbocycles. The van der Waals surface area contributed by atoms with E-state index in [4.69, 9.17) is 23.2 Å². The van der Waals surface area contributed by atoms with Gasteiger partial charge in [-0.15, -0.1) is 0 Å². The molecule has 1 aromatic heterocycles. The van der Waals surface area contributed by atoms with Gasteiger partial charge in [-0.3, -0.25) is 4.79 Å². The maximum atomic E-state index is 13.4. The monoisotopic (exact) mass is 234 g/mol. The van der Waals surface area contributed by atoms with Gasteiger partial charge in [-0.05, 0) is 0 Å². The van der Waals surface area contributed by atoms with Gasteiger partial charge in [0.15, 0.2) is 11.0 Å². The molecule has 14 heavy (non-hydrogen) atoms. The van der Waals surface area contributed by atoms with Crippen molar-refractivity contribution in [2.45, 2.75) is 6.54 Å². The van der Waals surface area contributed by atoms with Crippen LogP contribution in [0.25, 0.3) is 0 Å². The summed E-state index contributed by atoms with van der Waals surface area (Å²) in [5, 5.41) is -0.336. The van der Waals surface area contributed by atoms with Gasteiger partial charge in [-0.25, -0.2) is 9.37 Å². The van der Waals surface area contributed by atoms with Gasteiger partial charge in [0, 0.05) is 19.2 Å². The minimum atomic E-state index is -0.663. The molecule has 1 amide bonds. The van der Waals surface area contributed by atoms with Crippen molar-refractivity contribution in [3.63, 3.8) is 0 Å². The van der Waals surface area contributed by atoms with Crippen LogP contribution in [0.4, 0.5) is 4.39 Å². The largest absolute Gasteiger partial charge is 0.337 e. The molecule has 1 aliphatic rings. The number of nitrogens with zero attached hydrogens (tertiary/aromatic N) is 2. The number of halogens is 3. The highest BCUT2D eigenvalue weighted by atomic mass is 35.5. The van der Waals surface area contributed by atoms with Crippen LogP contribution in [0.2, 0.25) is 10.3 Å². The maximum Gasteiger partial charge on any atom is 0.257 e. The SMILES string of the molecule is CN1Cc2c(F)c(Cl)nc(Cl)c2C1=O. The average Bonchev–Trinajstić information content (AvgIpc) is 2.40. The minimum Gasteiger partial charge on any atom is -0.337 e. The van der Waals surface area contributed by atoms with Crippen LogP contribution in [0.15, 0.2) is 0 Å². The normalized spacial score (nSPS) is 14.9. The summed E-state index contributed by atoms with van der Waals surface area (Å²) in [4.78, 5) is 16.4. The van der Waals surface area contributed by atoms with E-state index in [9.17, 15) is 9.18 Å². The molecule has 0 aliphatic carbocycles. The Morgan fingerprint density at radius 3 is 2.71 bits per heavy atom. The number of fused-ring (bicyclic) bond motifs is 1. The first-order valence-electron chi connectivity index (χ1n) is 3.81. The first-order valence-corrected chi connectivity index (χ1v) is 4.56. The highest BCUT2D eigenvalue weighted by Gasteiger charge is 2.32. The molecule has 1 aromatic rings. The van der Waals surface area contributed by atoms with Gasteiger partial charge >= 0.3 is 0 Å². The lowest BCUT2D eigenvalue weighted by molar-refractivity contribution is 0.0816. The topological polar surface area (TPSA) is 33.2 Å². The zero-order chi connectivity index (χ0) is 10.5. The number of hydrogen-bond donors (Lipinski definition) is 0. The number of hydrogen-bond acceptors (Lipinski definition) is 2. The molecule has 0 radical (unpaired) electrons. The van der Waals surface area contributed by atoms with Crippen molar-refractivity contribution in [2.24, 2.45) is 0 Å². The Balaban J connectivity index is 2.73. The molecular formula is C8H5Cl2FN2O. The molecule has 2 rings (SSSR count). The van der Waals surface area contributed by atoms with E-state index in [0.29, 0.717) is 0 Å². The number of rotatable bonds is 0. The lowest BCUT2D eigenvalue weighted by Crippen LogP contribution is -2.17. The van der Waals surface area contributed by atoms with E-state index in [2.05, 4.69) is 4.98 Å². The number of carbonyl (C=O) groups excluding carboxylic acids is 1. The summed E-state index contributed by atoms with van der Waals surface area (Å²) in [5.74, 6) is -0.989. The summed E-state index contributed by atoms with van der Waals surface area (Å²) in [7, 11) is 1.56. The molecule has 0 saturated heterocycles. The highest BCUT2D eigenvalue weighted by Crippen LogP contribution is 2.31. The quantitative estimate of drug-likeness (QED) is 0.645. The Labute approximate surface area is 89.4 Å². The highest BCUT2D eigenvalue weighted by molar-refractivity contribution is 6.35. The van der Waals surface area contributed by atoms with Crippen molar-refractivity contribution in [1.29, 1.82) is 0 Å². The fourth-order valence-electron chi connectivity index (χ4n) is 1.42. The second-order valence-corrected chi connectivity index (χ2v) is 3.74. The van der Waals surface area contributed by atoms with Crippen LogP contribution >= 0.6 is 23.2 Å². The first kappa shape index (κ1) is 9.68. The smallest absolute Gasteiger partial charge is 0.257 e. The lowest BCUT2D eigenvalue weighted by atomic mass is 10.2. The zero-order valence-corrected chi connectivity index (χ0v) is 8.66. The van der Waals surface area contributed by atoms with Gasteiger partial charge in [-0.2, -0.15) is 0 Å². The molecule has 0 atom stereocenters. The number of carbonyl (C=O) groups is 1. The number of pyridine rings is 1. The zero-order valence-electron chi connectivity index (χ0n) is 7.14. The van der Waals surface area contributed by atoms with Gasteiger partial charge in [-0.1, -0.05) is 23.2 Å². The lowest BCUT2D eigenvalue weighted by Gasteiger charge is -2.04. The average molecular weight is 235 g/mol. The van der Waals surface area contributed by atoms with Crippen LogP contribution in [-0.4, -0.2) is 22.8 Å². The number of aromatic nitrogens is 1. The fraction of sp³-hybridized carbons (Fsp3) is 0.250. The molecule has 1 aliphatic heterocycles. The predicted octanol–water partition coefficient (Wildman–Crippen LogP) is 2.11. The summed E-state index contributed by atoms with van der Waals surface area (Å²) in [6, 6.07) is 0. The Hall–Kier alpha value is -0.870. The molecule has 2 heterocycles. The van der Waals surface area contributed by atoms with Gasteiger partial charge in [0.05, 0.1) is 5.56 Å². The van der Waals surface area contributed by atoms with Crippen LogP contribution in [0.3, 0.4) is 0 Å². The molecule has 74 valence electrons. The van der Waals surface area contributed by atoms with Crippen LogP contribution in [0.5, 0.6) is 0 Å². The summed E-state index contributed by atoms with van der Waals surface area (Å²) >= 11 is 11.2. The van der Waals surface area contributed by atoms with E-state index in [1.54, 1.807) is 7.05 Å². The van der Waals surface area contributed by atoms with Gasteiger partial charge in [0.1, 0.15) is 5.15 Å². The minimum absolute atomic E-state index is 0.0410. The van der Waals surface area contributed by atoms with Gasteiger partial charge in [0.25, 0.3) is 5.91 Å². The Kier molecular flexibility index (Phi) is 2.12. The molecule has 0 spiro atoms. The maximum absolute atomic E-state index is 13.4. The molecule has 0 bridgehead atoms. The van der Waals surface area contributed by atoms with Crippen LogP contribution in [0, 0.1) is 5.82 Å². The van der Waals surface area contributed by atoms with Crippen LogP contribution in [-0.2, 0) is 6.54 Å². The fourth-order valence-corrected chi connectivity index (χ4v) is 1.94. The van der Waals surface area contributed by atoms with Crippen molar-refractivity contribution < 1.29 is 9.18 Å². The van der Waals surface area contributed by atoms with Crippen LogP contribution < -0.4 is 0 Å². The van der Waals surface area contributed by atoms with Gasteiger partial charge < -0.3 is 4.90 Å². The third-order valence-electron chi connectivity index (χ3n) is 2.11. The summed E-state index contributed by atoms with van der Waals surface area (Å²) in [5.41, 5.74) is 0.346. The van der Waals surface area contributed by atoms with E-state index < -0.39 is 5.82 Å². The van der Waals surface area contributed by atoms with Crippen molar-refractivity contribution >= 4 is 29.1 Å². The molecule has 0 saturated carbocycles. The third-order valence-corrected chi connectivity index (χ3v) is 2.63. The summed E-state index contributed by atoms with van der Waals surface area (Å²) < 4.78 is 13.4. The third kappa shape index (κ3) is 1.18. The summed E-state index contributed by atoms with van der Waals surface area (Å²) in [6.07, 6.45) is 0. The van der Waals surface area contributed by atoms with E-state index >= 15 is 0 Å². The molecule has 0 unspecified atom stereocenters. The summed E-state index contributed by atoms with van der Waals surface area (Å²) in [6.45, 7) is 0.183. The number of amides is 1. The second kappa shape index (κ2) is 3.07. The second-order valence-electron chi connectivity index (χ2n) is 3.02. The first-order chi connectivity index (χ1) is 6.52. The van der Waals surface area contributed by atoms with Gasteiger partial charge in [0.2, 0.25) is 0 Å². The van der Waals surface area contributed by atoms with Crippen molar-refractivity contribution in [1.82, 2.24) is 9.88 Å². The molecular weight excluding hydrogens is 230 g/mol. The Morgan fingerprint density at radius 1 is 1.43 bits per heavy atom. The Bertz CT molecular complexity index is 436. The van der Waals surface area contributed by atoms with E-state index in [1.165, 1.54) is 4.90 Å². The van der Waals surface area contributed by atoms with Crippen LogP contribution in [0.1, 0.15) is 15.9 Å².